The highest BCUT2D eigenvalue weighted by molar-refractivity contribution is 5.60. The predicted octanol–water partition coefficient (Wildman–Crippen LogP) is 2.41. The van der Waals surface area contributed by atoms with Crippen molar-refractivity contribution in [2.24, 2.45) is 7.05 Å². The molecule has 0 radical (unpaired) electrons. The zero-order valence-corrected chi connectivity index (χ0v) is 14.4. The van der Waals surface area contributed by atoms with Crippen molar-refractivity contribution in [1.29, 1.82) is 0 Å². The van der Waals surface area contributed by atoms with Gasteiger partial charge in [0.25, 0.3) is 0 Å². The van der Waals surface area contributed by atoms with Crippen molar-refractivity contribution in [3.05, 3.63) is 53.5 Å². The van der Waals surface area contributed by atoms with Gasteiger partial charge in [0.05, 0.1) is 11.9 Å². The third-order valence-corrected chi connectivity index (χ3v) is 4.41. The van der Waals surface area contributed by atoms with Crippen molar-refractivity contribution >= 4 is 23.1 Å². The summed E-state index contributed by atoms with van der Waals surface area (Å²) in [6.07, 6.45) is 4.63. The van der Waals surface area contributed by atoms with E-state index in [0.29, 0.717) is 5.95 Å². The molecule has 1 aliphatic heterocycles. The third-order valence-electron chi connectivity index (χ3n) is 4.41. The Morgan fingerprint density at radius 3 is 2.92 bits per heavy atom. The number of nitrogen functional groups attached to an aromatic ring is 1. The molecule has 128 valence electrons. The van der Waals surface area contributed by atoms with E-state index in [4.69, 9.17) is 10.7 Å². The van der Waals surface area contributed by atoms with Crippen LogP contribution in [0.4, 0.5) is 23.1 Å². The van der Waals surface area contributed by atoms with Crippen molar-refractivity contribution < 1.29 is 0 Å². The molecule has 7 heteroatoms. The number of nitrogens with zero attached hydrogens (tertiary/aromatic N) is 5. The highest BCUT2D eigenvalue weighted by atomic mass is 15.3. The molecule has 3 heterocycles. The Bertz CT molecular complexity index is 916. The fraction of sp³-hybridized carbons (Fsp3) is 0.278. The van der Waals surface area contributed by atoms with E-state index < -0.39 is 0 Å². The summed E-state index contributed by atoms with van der Waals surface area (Å²) in [5.74, 6) is 1.60. The quantitative estimate of drug-likeness (QED) is 0.712. The first-order valence-electron chi connectivity index (χ1n) is 8.31. The van der Waals surface area contributed by atoms with Crippen LogP contribution < -0.4 is 16.0 Å². The Morgan fingerprint density at radius 2 is 2.16 bits per heavy atom. The van der Waals surface area contributed by atoms with E-state index in [1.165, 1.54) is 11.1 Å². The molecular weight excluding hydrogens is 314 g/mol. The summed E-state index contributed by atoms with van der Waals surface area (Å²) in [7, 11) is 1.88. The SMILES string of the molecule is Cc1nc(Nc2cnn(C)c2)nc2c1CCN2Cc1cccc(N)c1. The van der Waals surface area contributed by atoms with Crippen molar-refractivity contribution in [2.75, 3.05) is 22.5 Å². The van der Waals surface area contributed by atoms with Crippen LogP contribution in [0.1, 0.15) is 16.8 Å². The van der Waals surface area contributed by atoms with E-state index in [-0.39, 0.29) is 0 Å². The zero-order valence-electron chi connectivity index (χ0n) is 14.4. The maximum Gasteiger partial charge on any atom is 0.229 e. The summed E-state index contributed by atoms with van der Waals surface area (Å²) in [5.41, 5.74) is 11.0. The zero-order chi connectivity index (χ0) is 17.4. The second-order valence-corrected chi connectivity index (χ2v) is 6.38. The normalized spacial score (nSPS) is 13.1. The molecule has 2 aromatic heterocycles. The number of hydrogen-bond acceptors (Lipinski definition) is 6. The minimum absolute atomic E-state index is 0.601. The van der Waals surface area contributed by atoms with Gasteiger partial charge in [0.2, 0.25) is 5.95 Å². The first-order chi connectivity index (χ1) is 12.1. The Morgan fingerprint density at radius 1 is 1.28 bits per heavy atom. The van der Waals surface area contributed by atoms with Gasteiger partial charge in [0.15, 0.2) is 0 Å². The average molecular weight is 335 g/mol. The summed E-state index contributed by atoms with van der Waals surface area (Å²) >= 11 is 0. The molecule has 3 N–H and O–H groups in total. The van der Waals surface area contributed by atoms with E-state index in [1.54, 1.807) is 10.9 Å². The van der Waals surface area contributed by atoms with Crippen molar-refractivity contribution in [2.45, 2.75) is 19.9 Å². The van der Waals surface area contributed by atoms with Crippen LogP contribution in [-0.4, -0.2) is 26.3 Å². The predicted molar refractivity (Wildman–Crippen MR) is 98.9 cm³/mol. The number of rotatable bonds is 4. The number of anilines is 4. The van der Waals surface area contributed by atoms with Gasteiger partial charge < -0.3 is 16.0 Å². The topological polar surface area (TPSA) is 84.9 Å². The van der Waals surface area contributed by atoms with Crippen LogP contribution >= 0.6 is 0 Å². The smallest absolute Gasteiger partial charge is 0.229 e. The fourth-order valence-electron chi connectivity index (χ4n) is 3.22. The van der Waals surface area contributed by atoms with Crippen molar-refractivity contribution in [3.8, 4) is 0 Å². The van der Waals surface area contributed by atoms with E-state index in [2.05, 4.69) is 26.4 Å². The van der Waals surface area contributed by atoms with E-state index in [9.17, 15) is 0 Å². The first kappa shape index (κ1) is 15.4. The minimum Gasteiger partial charge on any atom is -0.399 e. The average Bonchev–Trinajstić information content (AvgIpc) is 3.15. The molecule has 25 heavy (non-hydrogen) atoms. The molecule has 0 aliphatic carbocycles. The van der Waals surface area contributed by atoms with Gasteiger partial charge in [-0.1, -0.05) is 12.1 Å². The summed E-state index contributed by atoms with van der Waals surface area (Å²) in [4.78, 5) is 11.6. The van der Waals surface area contributed by atoms with Crippen LogP contribution in [0.15, 0.2) is 36.7 Å². The Kier molecular flexibility index (Phi) is 3.76. The highest BCUT2D eigenvalue weighted by Crippen LogP contribution is 2.31. The van der Waals surface area contributed by atoms with Gasteiger partial charge in [0, 0.05) is 43.3 Å². The van der Waals surface area contributed by atoms with Crippen LogP contribution in [0.25, 0.3) is 0 Å². The number of nitrogens with one attached hydrogen (secondary N) is 1. The van der Waals surface area contributed by atoms with Gasteiger partial charge >= 0.3 is 0 Å². The van der Waals surface area contributed by atoms with Crippen LogP contribution in [-0.2, 0) is 20.0 Å². The molecular formula is C18H21N7. The minimum atomic E-state index is 0.601. The summed E-state index contributed by atoms with van der Waals surface area (Å²) in [6.45, 7) is 3.77. The number of hydrogen-bond donors (Lipinski definition) is 2. The Balaban J connectivity index is 1.61. The molecule has 0 bridgehead atoms. The summed E-state index contributed by atoms with van der Waals surface area (Å²) < 4.78 is 1.74. The van der Waals surface area contributed by atoms with Crippen LogP contribution in [0, 0.1) is 6.92 Å². The number of aromatic nitrogens is 4. The van der Waals surface area contributed by atoms with Crippen LogP contribution in [0.5, 0.6) is 0 Å². The second kappa shape index (κ2) is 6.08. The lowest BCUT2D eigenvalue weighted by atomic mass is 10.2. The van der Waals surface area contributed by atoms with E-state index in [0.717, 1.165) is 42.4 Å². The lowest BCUT2D eigenvalue weighted by Gasteiger charge is -2.19. The highest BCUT2D eigenvalue weighted by Gasteiger charge is 2.24. The van der Waals surface area contributed by atoms with Gasteiger partial charge in [-0.25, -0.2) is 4.98 Å². The molecule has 0 fully saturated rings. The molecule has 0 saturated carbocycles. The Hall–Kier alpha value is -3.09. The van der Waals surface area contributed by atoms with Crippen LogP contribution in [0.2, 0.25) is 0 Å². The van der Waals surface area contributed by atoms with E-state index in [1.807, 2.05) is 38.4 Å². The molecule has 0 unspecified atom stereocenters. The molecule has 0 amide bonds. The molecule has 0 spiro atoms. The summed E-state index contributed by atoms with van der Waals surface area (Å²) in [6, 6.07) is 8.00. The lowest BCUT2D eigenvalue weighted by Crippen LogP contribution is -2.21. The maximum absolute atomic E-state index is 5.90. The maximum atomic E-state index is 5.90. The first-order valence-corrected chi connectivity index (χ1v) is 8.31. The molecule has 3 aromatic rings. The largest absolute Gasteiger partial charge is 0.399 e. The molecule has 7 nitrogen and oxygen atoms in total. The van der Waals surface area contributed by atoms with Crippen LogP contribution in [0.3, 0.4) is 0 Å². The summed E-state index contributed by atoms with van der Waals surface area (Å²) in [5, 5.41) is 7.40. The molecule has 4 rings (SSSR count). The van der Waals surface area contributed by atoms with Gasteiger partial charge in [-0.2, -0.15) is 10.1 Å². The number of aryl methyl sites for hydroxylation is 2. The molecule has 1 aliphatic rings. The van der Waals surface area contributed by atoms with Gasteiger partial charge in [-0.15, -0.1) is 0 Å². The number of benzene rings is 1. The third kappa shape index (κ3) is 3.13. The van der Waals surface area contributed by atoms with Crippen molar-refractivity contribution in [3.63, 3.8) is 0 Å². The monoisotopic (exact) mass is 335 g/mol. The molecule has 1 aromatic carbocycles. The van der Waals surface area contributed by atoms with Gasteiger partial charge in [0.1, 0.15) is 5.82 Å². The second-order valence-electron chi connectivity index (χ2n) is 6.38. The number of fused-ring (bicyclic) bond motifs is 1. The fourth-order valence-corrected chi connectivity index (χ4v) is 3.22. The lowest BCUT2D eigenvalue weighted by molar-refractivity contribution is 0.768. The number of nitrogens with two attached hydrogens (primary N) is 1. The molecule has 0 saturated heterocycles. The molecule has 0 atom stereocenters. The van der Waals surface area contributed by atoms with Gasteiger partial charge in [-0.3, -0.25) is 4.68 Å². The standard InChI is InChI=1S/C18H21N7/c1-12-16-6-7-25(10-13-4-3-5-14(19)8-13)17(16)23-18(21-12)22-15-9-20-24(2)11-15/h3-5,8-9,11H,6-7,10,19H2,1-2H3,(H,21,22,23). The van der Waals surface area contributed by atoms with Crippen molar-refractivity contribution in [1.82, 2.24) is 19.7 Å². The Labute approximate surface area is 146 Å². The van der Waals surface area contributed by atoms with Gasteiger partial charge in [-0.05, 0) is 31.0 Å². The van der Waals surface area contributed by atoms with E-state index >= 15 is 0 Å².